The standard InChI is InChI=1S/C17H21N5O4/c1-20(2)15(14-9-6-10-21(14)3)11-18-16(23)17(24)19-12-7-4-5-8-13(12)22(25)26/h4-10,15H,11H2,1-3H3,(H,18,23)(H,19,24). The molecule has 0 aliphatic rings. The Labute approximate surface area is 150 Å². The molecular weight excluding hydrogens is 338 g/mol. The van der Waals surface area contributed by atoms with Crippen molar-refractivity contribution in [2.75, 3.05) is 26.0 Å². The Morgan fingerprint density at radius 2 is 1.88 bits per heavy atom. The fourth-order valence-corrected chi connectivity index (χ4v) is 2.56. The van der Waals surface area contributed by atoms with E-state index in [0.29, 0.717) is 0 Å². The molecule has 1 aromatic heterocycles. The Kier molecular flexibility index (Phi) is 6.07. The van der Waals surface area contributed by atoms with E-state index in [-0.39, 0.29) is 24.0 Å². The van der Waals surface area contributed by atoms with Crippen molar-refractivity contribution >= 4 is 23.2 Å². The molecule has 1 atom stereocenters. The van der Waals surface area contributed by atoms with E-state index >= 15 is 0 Å². The normalized spacial score (nSPS) is 11.8. The zero-order valence-corrected chi connectivity index (χ0v) is 14.8. The predicted octanol–water partition coefficient (Wildman–Crippen LogP) is 1.29. The first-order chi connectivity index (χ1) is 12.3. The number of nitrogens with zero attached hydrogens (tertiary/aromatic N) is 3. The van der Waals surface area contributed by atoms with Crippen LogP contribution in [-0.2, 0) is 16.6 Å². The molecule has 2 amide bonds. The second-order valence-electron chi connectivity index (χ2n) is 5.96. The first-order valence-corrected chi connectivity index (χ1v) is 7.91. The number of nitro groups is 1. The lowest BCUT2D eigenvalue weighted by Gasteiger charge is -2.25. The zero-order chi connectivity index (χ0) is 19.3. The first kappa shape index (κ1) is 19.1. The van der Waals surface area contributed by atoms with E-state index in [0.717, 1.165) is 5.69 Å². The number of aromatic nitrogens is 1. The number of hydrogen-bond acceptors (Lipinski definition) is 5. The molecule has 0 aliphatic heterocycles. The molecule has 2 rings (SSSR count). The molecule has 0 saturated carbocycles. The van der Waals surface area contributed by atoms with Gasteiger partial charge in [0.25, 0.3) is 5.69 Å². The number of carbonyl (C=O) groups is 2. The third-order valence-corrected chi connectivity index (χ3v) is 3.96. The van der Waals surface area contributed by atoms with Gasteiger partial charge in [-0.1, -0.05) is 12.1 Å². The van der Waals surface area contributed by atoms with E-state index < -0.39 is 16.7 Å². The maximum atomic E-state index is 12.1. The lowest BCUT2D eigenvalue weighted by atomic mass is 10.2. The molecule has 0 radical (unpaired) electrons. The topological polar surface area (TPSA) is 110 Å². The summed E-state index contributed by atoms with van der Waals surface area (Å²) in [7, 11) is 5.64. The molecule has 1 heterocycles. The second kappa shape index (κ2) is 8.26. The number of para-hydroxylation sites is 2. The van der Waals surface area contributed by atoms with Gasteiger partial charge in [0.15, 0.2) is 0 Å². The van der Waals surface area contributed by atoms with Gasteiger partial charge in [-0.15, -0.1) is 0 Å². The second-order valence-corrected chi connectivity index (χ2v) is 5.96. The molecule has 1 aromatic carbocycles. The van der Waals surface area contributed by atoms with Crippen LogP contribution in [0.5, 0.6) is 0 Å². The fraction of sp³-hybridized carbons (Fsp3) is 0.294. The largest absolute Gasteiger partial charge is 0.353 e. The van der Waals surface area contributed by atoms with Crippen molar-refractivity contribution < 1.29 is 14.5 Å². The van der Waals surface area contributed by atoms with Gasteiger partial charge in [0.05, 0.1) is 11.0 Å². The quantitative estimate of drug-likeness (QED) is 0.459. The van der Waals surface area contributed by atoms with Gasteiger partial charge in [0, 0.05) is 31.5 Å². The van der Waals surface area contributed by atoms with Crippen molar-refractivity contribution in [1.29, 1.82) is 0 Å². The van der Waals surface area contributed by atoms with Crippen molar-refractivity contribution in [3.05, 3.63) is 58.4 Å². The van der Waals surface area contributed by atoms with Crippen LogP contribution in [0.3, 0.4) is 0 Å². The minimum absolute atomic E-state index is 0.0238. The van der Waals surface area contributed by atoms with E-state index in [1.165, 1.54) is 24.3 Å². The molecule has 26 heavy (non-hydrogen) atoms. The van der Waals surface area contributed by atoms with E-state index in [1.54, 1.807) is 0 Å². The Morgan fingerprint density at radius 3 is 2.46 bits per heavy atom. The van der Waals surface area contributed by atoms with Gasteiger partial charge < -0.3 is 15.2 Å². The summed E-state index contributed by atoms with van der Waals surface area (Å²) >= 11 is 0. The van der Waals surface area contributed by atoms with Crippen LogP contribution in [0.4, 0.5) is 11.4 Å². The predicted molar refractivity (Wildman–Crippen MR) is 96.6 cm³/mol. The first-order valence-electron chi connectivity index (χ1n) is 7.91. The maximum Gasteiger partial charge on any atom is 0.313 e. The van der Waals surface area contributed by atoms with E-state index in [1.807, 2.05) is 48.9 Å². The monoisotopic (exact) mass is 359 g/mol. The molecule has 1 unspecified atom stereocenters. The van der Waals surface area contributed by atoms with Crippen LogP contribution in [0.1, 0.15) is 11.7 Å². The lowest BCUT2D eigenvalue weighted by Crippen LogP contribution is -2.40. The van der Waals surface area contributed by atoms with Gasteiger partial charge in [0.2, 0.25) is 0 Å². The number of benzene rings is 1. The number of anilines is 1. The molecule has 0 spiro atoms. The summed E-state index contributed by atoms with van der Waals surface area (Å²) in [5.41, 5.74) is 0.683. The van der Waals surface area contributed by atoms with Crippen LogP contribution in [0, 0.1) is 10.1 Å². The third kappa shape index (κ3) is 4.45. The van der Waals surface area contributed by atoms with Crippen LogP contribution in [0.25, 0.3) is 0 Å². The maximum absolute atomic E-state index is 12.1. The molecule has 0 saturated heterocycles. The Balaban J connectivity index is 2.02. The van der Waals surface area contributed by atoms with Crippen molar-refractivity contribution in [1.82, 2.24) is 14.8 Å². The highest BCUT2D eigenvalue weighted by atomic mass is 16.6. The molecule has 9 nitrogen and oxygen atoms in total. The minimum Gasteiger partial charge on any atom is -0.353 e. The van der Waals surface area contributed by atoms with Crippen LogP contribution >= 0.6 is 0 Å². The van der Waals surface area contributed by atoms with Crippen LogP contribution in [0.2, 0.25) is 0 Å². The zero-order valence-electron chi connectivity index (χ0n) is 14.8. The van der Waals surface area contributed by atoms with Crippen molar-refractivity contribution in [2.45, 2.75) is 6.04 Å². The molecule has 9 heteroatoms. The molecule has 2 N–H and O–H groups in total. The number of nitro benzene ring substituents is 1. The Hall–Kier alpha value is -3.20. The fourth-order valence-electron chi connectivity index (χ4n) is 2.56. The number of amides is 2. The Morgan fingerprint density at radius 1 is 1.19 bits per heavy atom. The van der Waals surface area contributed by atoms with Crippen molar-refractivity contribution in [3.8, 4) is 0 Å². The van der Waals surface area contributed by atoms with Crippen LogP contribution in [-0.4, -0.2) is 46.8 Å². The summed E-state index contributed by atoms with van der Waals surface area (Å²) in [6.07, 6.45) is 1.90. The van der Waals surface area contributed by atoms with Crippen LogP contribution < -0.4 is 10.6 Å². The number of hydrogen-bond donors (Lipinski definition) is 2. The average molecular weight is 359 g/mol. The van der Waals surface area contributed by atoms with Gasteiger partial charge >= 0.3 is 11.8 Å². The van der Waals surface area contributed by atoms with Gasteiger partial charge in [0.1, 0.15) is 5.69 Å². The van der Waals surface area contributed by atoms with Crippen molar-refractivity contribution in [2.24, 2.45) is 7.05 Å². The molecule has 138 valence electrons. The average Bonchev–Trinajstić information content (AvgIpc) is 3.00. The third-order valence-electron chi connectivity index (χ3n) is 3.96. The molecule has 0 fully saturated rings. The summed E-state index contributed by atoms with van der Waals surface area (Å²) in [6, 6.07) is 9.35. The van der Waals surface area contributed by atoms with Crippen LogP contribution in [0.15, 0.2) is 42.6 Å². The van der Waals surface area contributed by atoms with Gasteiger partial charge in [-0.05, 0) is 32.3 Å². The summed E-state index contributed by atoms with van der Waals surface area (Å²) < 4.78 is 1.93. The van der Waals surface area contributed by atoms with E-state index in [2.05, 4.69) is 10.6 Å². The number of aryl methyl sites for hydroxylation is 1. The van der Waals surface area contributed by atoms with E-state index in [4.69, 9.17) is 0 Å². The summed E-state index contributed by atoms with van der Waals surface area (Å²) in [6.45, 7) is 0.216. The van der Waals surface area contributed by atoms with Gasteiger partial charge in [-0.2, -0.15) is 0 Å². The highest BCUT2D eigenvalue weighted by Crippen LogP contribution is 2.23. The summed E-state index contributed by atoms with van der Waals surface area (Å²) in [4.78, 5) is 36.4. The van der Waals surface area contributed by atoms with Gasteiger partial charge in [-0.3, -0.25) is 24.6 Å². The number of carbonyl (C=O) groups excluding carboxylic acids is 2. The smallest absolute Gasteiger partial charge is 0.313 e. The molecule has 2 aromatic rings. The minimum atomic E-state index is -0.955. The summed E-state index contributed by atoms with van der Waals surface area (Å²) in [5, 5.41) is 15.8. The van der Waals surface area contributed by atoms with Crippen molar-refractivity contribution in [3.63, 3.8) is 0 Å². The molecular formula is C17H21N5O4. The van der Waals surface area contributed by atoms with Gasteiger partial charge in [-0.25, -0.2) is 0 Å². The Bertz CT molecular complexity index is 815. The summed E-state index contributed by atoms with van der Waals surface area (Å²) in [5.74, 6) is -1.81. The molecule has 0 bridgehead atoms. The highest BCUT2D eigenvalue weighted by Gasteiger charge is 2.22. The van der Waals surface area contributed by atoms with E-state index in [9.17, 15) is 19.7 Å². The molecule has 0 aliphatic carbocycles. The number of likely N-dealkylation sites (N-methyl/N-ethyl adjacent to an activating group) is 1. The highest BCUT2D eigenvalue weighted by molar-refractivity contribution is 6.39. The SMILES string of the molecule is CN(C)C(CNC(=O)C(=O)Nc1ccccc1[N+](=O)[O-])c1cccn1C. The number of nitrogens with one attached hydrogen (secondary N) is 2. The lowest BCUT2D eigenvalue weighted by molar-refractivity contribution is -0.383. The number of rotatable bonds is 6.